The van der Waals surface area contributed by atoms with Crippen molar-refractivity contribution in [1.82, 2.24) is 15.3 Å². The maximum Gasteiger partial charge on any atom is 0.416 e. The molecule has 1 unspecified atom stereocenters. The minimum absolute atomic E-state index is 0.0522. The van der Waals surface area contributed by atoms with Crippen LogP contribution in [0.15, 0.2) is 34.8 Å². The van der Waals surface area contributed by atoms with Crippen LogP contribution in [0.2, 0.25) is 0 Å². The van der Waals surface area contributed by atoms with E-state index in [9.17, 15) is 18.0 Å². The first-order chi connectivity index (χ1) is 16.4. The maximum atomic E-state index is 13.4. The number of carbonyl (C=O) groups is 1. The Kier molecular flexibility index (Phi) is 6.95. The molecule has 1 aromatic heterocycles. The van der Waals surface area contributed by atoms with E-state index in [0.717, 1.165) is 40.1 Å². The second-order valence-corrected chi connectivity index (χ2v) is 9.81. The number of aryl methyl sites for hydroxylation is 1. The van der Waals surface area contributed by atoms with Gasteiger partial charge in [0.15, 0.2) is 0 Å². The van der Waals surface area contributed by atoms with Crippen LogP contribution in [0.1, 0.15) is 48.8 Å². The molecule has 1 aliphatic heterocycles. The number of hydrogen-bond donors (Lipinski definition) is 2. The van der Waals surface area contributed by atoms with Crippen molar-refractivity contribution in [1.29, 1.82) is 0 Å². The predicted octanol–water partition coefficient (Wildman–Crippen LogP) is 5.92. The van der Waals surface area contributed by atoms with Crippen LogP contribution in [0.25, 0.3) is 10.9 Å². The van der Waals surface area contributed by atoms with Gasteiger partial charge in [0.1, 0.15) is 11.6 Å². The SMILES string of the molecule is CC(=O)NC1CCN(c2cc3c(N[C@H](C)c4cccc(C(F)(F)F)c4C)nc(C)nc3cc2Br)C1. The zero-order valence-corrected chi connectivity index (χ0v) is 21.5. The van der Waals surface area contributed by atoms with Gasteiger partial charge < -0.3 is 15.5 Å². The van der Waals surface area contributed by atoms with Gasteiger partial charge in [-0.15, -0.1) is 0 Å². The number of hydrogen-bond acceptors (Lipinski definition) is 5. The van der Waals surface area contributed by atoms with Gasteiger partial charge in [0.25, 0.3) is 0 Å². The summed E-state index contributed by atoms with van der Waals surface area (Å²) in [6, 6.07) is 7.81. The van der Waals surface area contributed by atoms with Crippen LogP contribution in [-0.4, -0.2) is 35.0 Å². The van der Waals surface area contributed by atoms with Crippen LogP contribution in [0.3, 0.4) is 0 Å². The van der Waals surface area contributed by atoms with Crippen LogP contribution >= 0.6 is 15.9 Å². The Bertz CT molecular complexity index is 1280. The highest BCUT2D eigenvalue weighted by molar-refractivity contribution is 9.10. The summed E-state index contributed by atoms with van der Waals surface area (Å²) in [5, 5.41) is 7.06. The number of nitrogens with zero attached hydrogens (tertiary/aromatic N) is 3. The Labute approximate surface area is 210 Å². The van der Waals surface area contributed by atoms with E-state index < -0.39 is 17.8 Å². The molecule has 0 bridgehead atoms. The monoisotopic (exact) mass is 549 g/mol. The Balaban J connectivity index is 1.69. The van der Waals surface area contributed by atoms with Gasteiger partial charge >= 0.3 is 6.18 Å². The number of alkyl halides is 3. The lowest BCUT2D eigenvalue weighted by Crippen LogP contribution is -2.35. The van der Waals surface area contributed by atoms with Gasteiger partial charge in [-0.05, 0) is 72.4 Å². The van der Waals surface area contributed by atoms with E-state index in [2.05, 4.69) is 41.4 Å². The first kappa shape index (κ1) is 25.2. The summed E-state index contributed by atoms with van der Waals surface area (Å²) < 4.78 is 41.2. The number of fused-ring (bicyclic) bond motifs is 1. The summed E-state index contributed by atoms with van der Waals surface area (Å²) in [6.45, 7) is 8.08. The summed E-state index contributed by atoms with van der Waals surface area (Å²) in [7, 11) is 0. The summed E-state index contributed by atoms with van der Waals surface area (Å²) >= 11 is 3.65. The summed E-state index contributed by atoms with van der Waals surface area (Å²) in [6.07, 6.45) is -3.57. The van der Waals surface area contributed by atoms with Gasteiger partial charge in [0.05, 0.1) is 22.8 Å². The van der Waals surface area contributed by atoms with Gasteiger partial charge in [-0.3, -0.25) is 4.79 Å². The van der Waals surface area contributed by atoms with Crippen molar-refractivity contribution in [2.24, 2.45) is 0 Å². The summed E-state index contributed by atoms with van der Waals surface area (Å²) in [5.41, 5.74) is 1.78. The average Bonchev–Trinajstić information content (AvgIpc) is 3.19. The van der Waals surface area contributed by atoms with Crippen molar-refractivity contribution in [3.8, 4) is 0 Å². The minimum atomic E-state index is -4.41. The van der Waals surface area contributed by atoms with Crippen molar-refractivity contribution in [2.75, 3.05) is 23.3 Å². The van der Waals surface area contributed by atoms with E-state index >= 15 is 0 Å². The fraction of sp³-hybridized carbons (Fsp3) is 0.400. The Morgan fingerprint density at radius 2 is 1.97 bits per heavy atom. The normalized spacial score (nSPS) is 17.0. The molecule has 1 fully saturated rings. The molecule has 6 nitrogen and oxygen atoms in total. The largest absolute Gasteiger partial charge is 0.416 e. The van der Waals surface area contributed by atoms with Crippen molar-refractivity contribution in [2.45, 2.75) is 52.4 Å². The van der Waals surface area contributed by atoms with Crippen molar-refractivity contribution < 1.29 is 18.0 Å². The lowest BCUT2D eigenvalue weighted by atomic mass is 9.97. The fourth-order valence-corrected chi connectivity index (χ4v) is 5.29. The van der Waals surface area contributed by atoms with Crippen LogP contribution < -0.4 is 15.5 Å². The van der Waals surface area contributed by atoms with E-state index in [4.69, 9.17) is 0 Å². The highest BCUT2D eigenvalue weighted by atomic mass is 79.9. The van der Waals surface area contributed by atoms with Gasteiger partial charge in [0.2, 0.25) is 5.91 Å². The predicted molar refractivity (Wildman–Crippen MR) is 135 cm³/mol. The van der Waals surface area contributed by atoms with Crippen LogP contribution in [0.4, 0.5) is 24.7 Å². The number of carbonyl (C=O) groups excluding carboxylic acids is 1. The molecule has 2 atom stereocenters. The lowest BCUT2D eigenvalue weighted by Gasteiger charge is -2.23. The number of rotatable bonds is 5. The topological polar surface area (TPSA) is 70.2 Å². The van der Waals surface area contributed by atoms with Crippen LogP contribution in [-0.2, 0) is 11.0 Å². The highest BCUT2D eigenvalue weighted by Gasteiger charge is 2.33. The van der Waals surface area contributed by atoms with E-state index in [1.54, 1.807) is 13.0 Å². The second-order valence-electron chi connectivity index (χ2n) is 8.96. The molecular weight excluding hydrogens is 523 g/mol. The van der Waals surface area contributed by atoms with E-state index in [0.29, 0.717) is 23.8 Å². The van der Waals surface area contributed by atoms with E-state index in [-0.39, 0.29) is 17.5 Å². The van der Waals surface area contributed by atoms with Gasteiger partial charge in [-0.2, -0.15) is 13.2 Å². The molecule has 186 valence electrons. The third-order valence-electron chi connectivity index (χ3n) is 6.31. The highest BCUT2D eigenvalue weighted by Crippen LogP contribution is 2.38. The number of benzene rings is 2. The van der Waals surface area contributed by atoms with Crippen molar-refractivity contribution >= 4 is 44.2 Å². The Morgan fingerprint density at radius 3 is 2.66 bits per heavy atom. The number of anilines is 2. The Hall–Kier alpha value is -2.88. The van der Waals surface area contributed by atoms with Crippen LogP contribution in [0.5, 0.6) is 0 Å². The molecule has 0 spiro atoms. The first-order valence-corrected chi connectivity index (χ1v) is 12.2. The zero-order valence-electron chi connectivity index (χ0n) is 19.9. The van der Waals surface area contributed by atoms with Gasteiger partial charge in [-0.25, -0.2) is 9.97 Å². The summed E-state index contributed by atoms with van der Waals surface area (Å²) in [4.78, 5) is 22.8. The maximum absolute atomic E-state index is 13.4. The smallest absolute Gasteiger partial charge is 0.368 e. The fourth-order valence-electron chi connectivity index (χ4n) is 4.70. The molecule has 35 heavy (non-hydrogen) atoms. The molecule has 0 aliphatic carbocycles. The van der Waals surface area contributed by atoms with Crippen molar-refractivity contribution in [3.05, 3.63) is 57.3 Å². The van der Waals surface area contributed by atoms with E-state index in [1.165, 1.54) is 19.9 Å². The van der Waals surface area contributed by atoms with E-state index in [1.807, 2.05) is 19.1 Å². The molecule has 0 radical (unpaired) electrons. The molecular formula is C25H27BrF3N5O. The molecule has 1 aliphatic rings. The number of nitrogens with one attached hydrogen (secondary N) is 2. The average molecular weight is 550 g/mol. The number of aromatic nitrogens is 2. The van der Waals surface area contributed by atoms with Gasteiger partial charge in [-0.1, -0.05) is 12.1 Å². The van der Waals surface area contributed by atoms with Crippen LogP contribution in [0, 0.1) is 13.8 Å². The standard InChI is InChI=1S/C25H27BrF3N5O/c1-13-18(6-5-7-20(13)25(27,28)29)14(2)30-24-19-10-23(21(26)11-22(19)31-15(3)32-24)34-9-8-17(12-34)33-16(4)35/h5-7,10-11,14,17H,8-9,12H2,1-4H3,(H,33,35)(H,30,31,32)/t14-,17?/m1/s1. The molecule has 0 saturated carbocycles. The lowest BCUT2D eigenvalue weighted by molar-refractivity contribution is -0.138. The minimum Gasteiger partial charge on any atom is -0.368 e. The van der Waals surface area contributed by atoms with Gasteiger partial charge in [0, 0.05) is 35.9 Å². The number of amides is 1. The second kappa shape index (κ2) is 9.64. The molecule has 2 aromatic carbocycles. The third-order valence-corrected chi connectivity index (χ3v) is 6.95. The molecule has 1 amide bonds. The first-order valence-electron chi connectivity index (χ1n) is 11.4. The Morgan fingerprint density at radius 1 is 1.23 bits per heavy atom. The molecule has 2 N–H and O–H groups in total. The zero-order chi connectivity index (χ0) is 25.5. The summed E-state index contributed by atoms with van der Waals surface area (Å²) in [5.74, 6) is 1.06. The quantitative estimate of drug-likeness (QED) is 0.413. The third kappa shape index (κ3) is 5.37. The van der Waals surface area contributed by atoms with Crippen molar-refractivity contribution in [3.63, 3.8) is 0 Å². The molecule has 3 aromatic rings. The number of halogens is 4. The molecule has 2 heterocycles. The molecule has 1 saturated heterocycles. The molecule has 10 heteroatoms. The molecule has 4 rings (SSSR count).